The van der Waals surface area contributed by atoms with Gasteiger partial charge in [0.1, 0.15) is 12.5 Å². The van der Waals surface area contributed by atoms with Gasteiger partial charge in [-0.05, 0) is 18.2 Å². The molecule has 0 radical (unpaired) electrons. The van der Waals surface area contributed by atoms with E-state index in [9.17, 15) is 4.79 Å². The molecule has 2 amide bonds. The third-order valence-corrected chi connectivity index (χ3v) is 2.02. The molecule has 0 atom stereocenters. The van der Waals surface area contributed by atoms with E-state index in [0.717, 1.165) is 0 Å². The molecule has 88 valence electrons. The van der Waals surface area contributed by atoms with E-state index in [2.05, 4.69) is 10.6 Å². The van der Waals surface area contributed by atoms with Crippen molar-refractivity contribution in [1.29, 1.82) is 0 Å². The van der Waals surface area contributed by atoms with Gasteiger partial charge in [-0.25, -0.2) is 4.79 Å². The fraction of sp³-hybridized carbons (Fsp3) is 0.300. The van der Waals surface area contributed by atoms with Gasteiger partial charge in [-0.2, -0.15) is 0 Å². The lowest BCUT2D eigenvalue weighted by Gasteiger charge is -2.10. The highest BCUT2D eigenvalue weighted by Crippen LogP contribution is 2.27. The Morgan fingerprint density at radius 2 is 2.19 bits per heavy atom. The molecule has 0 aliphatic carbocycles. The minimum absolute atomic E-state index is 0.134. The monoisotopic (exact) mass is 244 g/mol. The van der Waals surface area contributed by atoms with E-state index < -0.39 is 0 Å². The third kappa shape index (κ3) is 3.60. The molecular weight excluding hydrogens is 232 g/mol. The van der Waals surface area contributed by atoms with Gasteiger partial charge in [-0.1, -0.05) is 11.6 Å². The molecule has 16 heavy (non-hydrogen) atoms. The molecule has 0 saturated carbocycles. The zero-order valence-electron chi connectivity index (χ0n) is 9.04. The summed E-state index contributed by atoms with van der Waals surface area (Å²) in [5.41, 5.74) is 0.503. The highest BCUT2D eigenvalue weighted by molar-refractivity contribution is 6.31. The number of ether oxygens (including phenoxy) is 2. The van der Waals surface area contributed by atoms with Crippen LogP contribution >= 0.6 is 11.6 Å². The Morgan fingerprint density at radius 3 is 2.81 bits per heavy atom. The Balaban J connectivity index is 2.71. The van der Waals surface area contributed by atoms with Gasteiger partial charge in [0.15, 0.2) is 0 Å². The topological polar surface area (TPSA) is 59.6 Å². The zero-order valence-corrected chi connectivity index (χ0v) is 9.80. The van der Waals surface area contributed by atoms with Crippen molar-refractivity contribution in [3.63, 3.8) is 0 Å². The van der Waals surface area contributed by atoms with Crippen molar-refractivity contribution in [3.8, 4) is 5.75 Å². The van der Waals surface area contributed by atoms with Crippen LogP contribution in [0.25, 0.3) is 0 Å². The number of anilines is 1. The van der Waals surface area contributed by atoms with Crippen LogP contribution in [0.15, 0.2) is 18.2 Å². The number of hydrogen-bond donors (Lipinski definition) is 2. The lowest BCUT2D eigenvalue weighted by Crippen LogP contribution is -2.30. The fourth-order valence-corrected chi connectivity index (χ4v) is 1.25. The number of halogens is 1. The fourth-order valence-electron chi connectivity index (χ4n) is 1.08. The molecule has 1 aromatic carbocycles. The average molecular weight is 245 g/mol. The van der Waals surface area contributed by atoms with Crippen LogP contribution in [0.5, 0.6) is 5.75 Å². The number of rotatable bonds is 4. The van der Waals surface area contributed by atoms with Gasteiger partial charge in [0.25, 0.3) is 0 Å². The first kappa shape index (κ1) is 12.6. The lowest BCUT2D eigenvalue weighted by atomic mass is 10.3. The van der Waals surface area contributed by atoms with Crippen molar-refractivity contribution in [2.24, 2.45) is 0 Å². The summed E-state index contributed by atoms with van der Waals surface area (Å²) in [5, 5.41) is 5.59. The van der Waals surface area contributed by atoms with Crippen molar-refractivity contribution in [1.82, 2.24) is 5.32 Å². The summed E-state index contributed by atoms with van der Waals surface area (Å²) in [7, 11) is 3.00. The van der Waals surface area contributed by atoms with Gasteiger partial charge in [-0.15, -0.1) is 0 Å². The summed E-state index contributed by atoms with van der Waals surface area (Å²) in [6.07, 6.45) is 0. The van der Waals surface area contributed by atoms with Crippen molar-refractivity contribution in [3.05, 3.63) is 23.2 Å². The normalized spacial score (nSPS) is 9.69. The quantitative estimate of drug-likeness (QED) is 0.798. The molecule has 0 aliphatic rings. The molecule has 0 saturated heterocycles. The van der Waals surface area contributed by atoms with Crippen LogP contribution in [-0.2, 0) is 4.74 Å². The van der Waals surface area contributed by atoms with Crippen LogP contribution in [0.2, 0.25) is 5.02 Å². The Morgan fingerprint density at radius 1 is 1.44 bits per heavy atom. The van der Waals surface area contributed by atoms with Crippen LogP contribution in [0.1, 0.15) is 0 Å². The molecule has 0 unspecified atom stereocenters. The van der Waals surface area contributed by atoms with Crippen molar-refractivity contribution in [2.45, 2.75) is 0 Å². The van der Waals surface area contributed by atoms with Crippen LogP contribution < -0.4 is 15.4 Å². The number of hydrogen-bond acceptors (Lipinski definition) is 3. The second-order valence-corrected chi connectivity index (χ2v) is 3.34. The molecule has 5 nitrogen and oxygen atoms in total. The molecule has 6 heteroatoms. The Kier molecular flexibility index (Phi) is 4.88. The number of urea groups is 1. The first-order valence-electron chi connectivity index (χ1n) is 4.54. The summed E-state index contributed by atoms with van der Waals surface area (Å²) >= 11 is 5.81. The summed E-state index contributed by atoms with van der Waals surface area (Å²) in [6.45, 7) is 0.134. The third-order valence-electron chi connectivity index (χ3n) is 1.79. The van der Waals surface area contributed by atoms with Crippen molar-refractivity contribution >= 4 is 23.3 Å². The highest BCUT2D eigenvalue weighted by atomic mass is 35.5. The maximum atomic E-state index is 11.3. The second-order valence-electron chi connectivity index (χ2n) is 2.91. The molecule has 0 fully saturated rings. The number of benzene rings is 1. The maximum Gasteiger partial charge on any atom is 0.321 e. The van der Waals surface area contributed by atoms with E-state index in [1.807, 2.05) is 0 Å². The second kappa shape index (κ2) is 6.19. The SMILES string of the molecule is COCNC(=O)Nc1cc(Cl)ccc1OC. The van der Waals surface area contributed by atoms with Gasteiger partial charge >= 0.3 is 6.03 Å². The summed E-state index contributed by atoms with van der Waals surface area (Å²) in [6, 6.07) is 4.57. The van der Waals surface area contributed by atoms with E-state index in [-0.39, 0.29) is 12.8 Å². The van der Waals surface area contributed by atoms with E-state index in [1.165, 1.54) is 14.2 Å². The predicted octanol–water partition coefficient (Wildman–Crippen LogP) is 2.07. The molecule has 0 bridgehead atoms. The van der Waals surface area contributed by atoms with Crippen LogP contribution in [0.3, 0.4) is 0 Å². The van der Waals surface area contributed by atoms with E-state index in [4.69, 9.17) is 21.1 Å². The molecule has 0 spiro atoms. The minimum Gasteiger partial charge on any atom is -0.495 e. The molecule has 2 N–H and O–H groups in total. The number of amides is 2. The molecule has 0 aliphatic heterocycles. The van der Waals surface area contributed by atoms with E-state index in [1.54, 1.807) is 18.2 Å². The first-order chi connectivity index (χ1) is 7.67. The molecule has 0 heterocycles. The lowest BCUT2D eigenvalue weighted by molar-refractivity contribution is 0.177. The van der Waals surface area contributed by atoms with Crippen LogP contribution in [0, 0.1) is 0 Å². The maximum absolute atomic E-state index is 11.3. The van der Waals surface area contributed by atoms with Gasteiger partial charge < -0.3 is 20.1 Å². The summed E-state index contributed by atoms with van der Waals surface area (Å²) in [4.78, 5) is 11.3. The summed E-state index contributed by atoms with van der Waals surface area (Å²) < 4.78 is 9.77. The van der Waals surface area contributed by atoms with Gasteiger partial charge in [0.2, 0.25) is 0 Å². The average Bonchev–Trinajstić information content (AvgIpc) is 2.27. The van der Waals surface area contributed by atoms with Gasteiger partial charge in [-0.3, -0.25) is 0 Å². The predicted molar refractivity (Wildman–Crippen MR) is 62.0 cm³/mol. The molecular formula is C10H13ClN2O3. The Labute approximate surface area is 98.7 Å². The first-order valence-corrected chi connectivity index (χ1v) is 4.92. The van der Waals surface area contributed by atoms with Crippen molar-refractivity contribution in [2.75, 3.05) is 26.3 Å². The van der Waals surface area contributed by atoms with Gasteiger partial charge in [0.05, 0.1) is 12.8 Å². The number of nitrogens with one attached hydrogen (secondary N) is 2. The molecule has 1 rings (SSSR count). The Hall–Kier alpha value is -1.46. The summed E-state index contributed by atoms with van der Waals surface area (Å²) in [5.74, 6) is 0.539. The largest absolute Gasteiger partial charge is 0.495 e. The molecule has 1 aromatic rings. The van der Waals surface area contributed by atoms with E-state index >= 15 is 0 Å². The zero-order chi connectivity index (χ0) is 12.0. The highest BCUT2D eigenvalue weighted by Gasteiger charge is 2.07. The minimum atomic E-state index is -0.387. The van der Waals surface area contributed by atoms with Gasteiger partial charge in [0, 0.05) is 12.1 Å². The smallest absolute Gasteiger partial charge is 0.321 e. The number of carbonyl (C=O) groups excluding carboxylic acids is 1. The van der Waals surface area contributed by atoms with Crippen molar-refractivity contribution < 1.29 is 14.3 Å². The van der Waals surface area contributed by atoms with E-state index in [0.29, 0.717) is 16.5 Å². The number of carbonyl (C=O) groups is 1. The standard InChI is InChI=1S/C10H13ClN2O3/c1-15-6-12-10(14)13-8-5-7(11)3-4-9(8)16-2/h3-5H,6H2,1-2H3,(H2,12,13,14). The molecule has 0 aromatic heterocycles. The number of methoxy groups -OCH3 is 2. The Bertz CT molecular complexity index is 371. The van der Waals surface area contributed by atoms with Crippen LogP contribution in [-0.4, -0.2) is 27.0 Å². The van der Waals surface area contributed by atoms with Crippen LogP contribution in [0.4, 0.5) is 10.5 Å².